The van der Waals surface area contributed by atoms with Crippen molar-refractivity contribution >= 4 is 33.4 Å². The quantitative estimate of drug-likeness (QED) is 0.554. The van der Waals surface area contributed by atoms with E-state index in [2.05, 4.69) is 21.2 Å². The second-order valence-corrected chi connectivity index (χ2v) is 7.50. The number of nitrogens with zero attached hydrogens (tertiary/aromatic N) is 1. The fourth-order valence-corrected chi connectivity index (χ4v) is 3.27. The van der Waals surface area contributed by atoms with Crippen LogP contribution in [0.1, 0.15) is 15.9 Å². The molecule has 0 bridgehead atoms. The fourth-order valence-electron chi connectivity index (χ4n) is 2.80. The first-order chi connectivity index (χ1) is 13.9. The van der Waals surface area contributed by atoms with Gasteiger partial charge in [-0.05, 0) is 55.0 Å². The van der Waals surface area contributed by atoms with Crippen molar-refractivity contribution in [3.05, 3.63) is 88.4 Å². The summed E-state index contributed by atoms with van der Waals surface area (Å²) < 4.78 is 6.80. The molecular formula is C23H21BrN2O3. The lowest BCUT2D eigenvalue weighted by Gasteiger charge is -2.19. The van der Waals surface area contributed by atoms with Gasteiger partial charge in [-0.15, -0.1) is 0 Å². The molecule has 0 saturated carbocycles. The number of benzene rings is 3. The highest BCUT2D eigenvalue weighted by Crippen LogP contribution is 2.26. The molecule has 3 aromatic carbocycles. The molecule has 2 amide bonds. The molecule has 0 unspecified atom stereocenters. The molecule has 5 nitrogen and oxygen atoms in total. The van der Waals surface area contributed by atoms with Gasteiger partial charge in [0.2, 0.25) is 5.91 Å². The van der Waals surface area contributed by atoms with Crippen LogP contribution >= 0.6 is 15.9 Å². The van der Waals surface area contributed by atoms with E-state index in [0.29, 0.717) is 22.7 Å². The topological polar surface area (TPSA) is 58.6 Å². The molecule has 0 saturated heterocycles. The predicted octanol–water partition coefficient (Wildman–Crippen LogP) is 5.26. The minimum Gasteiger partial charge on any atom is -0.457 e. The van der Waals surface area contributed by atoms with Crippen molar-refractivity contribution in [1.82, 2.24) is 4.90 Å². The largest absolute Gasteiger partial charge is 0.457 e. The first kappa shape index (κ1) is 20.6. The van der Waals surface area contributed by atoms with Gasteiger partial charge in [0.1, 0.15) is 11.5 Å². The van der Waals surface area contributed by atoms with Gasteiger partial charge < -0.3 is 15.0 Å². The number of hydrogen-bond donors (Lipinski definition) is 1. The summed E-state index contributed by atoms with van der Waals surface area (Å²) in [5.74, 6) is 0.519. The first-order valence-electron chi connectivity index (χ1n) is 9.07. The smallest absolute Gasteiger partial charge is 0.257 e. The number of rotatable bonds is 6. The number of hydrogen-bond acceptors (Lipinski definition) is 3. The molecule has 148 valence electrons. The first-order valence-corrected chi connectivity index (χ1v) is 9.87. The van der Waals surface area contributed by atoms with Crippen LogP contribution in [0.4, 0.5) is 5.69 Å². The molecule has 0 aliphatic carbocycles. The molecule has 0 spiro atoms. The molecule has 3 rings (SSSR count). The lowest BCUT2D eigenvalue weighted by atomic mass is 10.1. The maximum atomic E-state index is 12.9. The normalized spacial score (nSPS) is 10.3. The Morgan fingerprint density at radius 1 is 1.00 bits per heavy atom. The van der Waals surface area contributed by atoms with Gasteiger partial charge in [0, 0.05) is 17.2 Å². The number of nitrogens with one attached hydrogen (secondary N) is 1. The number of aryl methyl sites for hydroxylation is 1. The second kappa shape index (κ2) is 9.39. The Morgan fingerprint density at radius 3 is 2.41 bits per heavy atom. The van der Waals surface area contributed by atoms with Crippen LogP contribution in [0.5, 0.6) is 11.5 Å². The van der Waals surface area contributed by atoms with Crippen LogP contribution in [0.3, 0.4) is 0 Å². The predicted molar refractivity (Wildman–Crippen MR) is 117 cm³/mol. The lowest BCUT2D eigenvalue weighted by Crippen LogP contribution is -2.35. The molecule has 0 fully saturated rings. The minimum atomic E-state index is -0.292. The molecule has 0 atom stereocenters. The van der Waals surface area contributed by atoms with Crippen molar-refractivity contribution < 1.29 is 14.3 Å². The molecule has 0 radical (unpaired) electrons. The number of ether oxygens (including phenoxy) is 1. The molecule has 3 aromatic rings. The van der Waals surface area contributed by atoms with Gasteiger partial charge in [0.15, 0.2) is 0 Å². The Bertz CT molecular complexity index is 1020. The molecule has 0 aromatic heterocycles. The van der Waals surface area contributed by atoms with Crippen molar-refractivity contribution in [2.75, 3.05) is 18.9 Å². The third-order valence-electron chi connectivity index (χ3n) is 4.28. The summed E-state index contributed by atoms with van der Waals surface area (Å²) in [6.07, 6.45) is 0. The van der Waals surface area contributed by atoms with E-state index >= 15 is 0 Å². The van der Waals surface area contributed by atoms with Crippen LogP contribution < -0.4 is 10.1 Å². The number of para-hydroxylation sites is 2. The Morgan fingerprint density at radius 2 is 1.69 bits per heavy atom. The monoisotopic (exact) mass is 452 g/mol. The summed E-state index contributed by atoms with van der Waals surface area (Å²) in [5.41, 5.74) is 2.04. The highest BCUT2D eigenvalue weighted by atomic mass is 79.9. The molecule has 0 aliphatic rings. The Labute approximate surface area is 178 Å². The zero-order valence-corrected chi connectivity index (χ0v) is 17.8. The van der Waals surface area contributed by atoms with E-state index in [-0.39, 0.29) is 18.4 Å². The van der Waals surface area contributed by atoms with Gasteiger partial charge in [-0.2, -0.15) is 0 Å². The maximum absolute atomic E-state index is 12.9. The third-order valence-corrected chi connectivity index (χ3v) is 4.77. The average Bonchev–Trinajstić information content (AvgIpc) is 2.71. The van der Waals surface area contributed by atoms with E-state index in [4.69, 9.17) is 4.74 Å². The van der Waals surface area contributed by atoms with E-state index in [9.17, 15) is 9.59 Å². The van der Waals surface area contributed by atoms with Crippen LogP contribution in [-0.2, 0) is 4.79 Å². The van der Waals surface area contributed by atoms with Crippen LogP contribution in [0.25, 0.3) is 0 Å². The average molecular weight is 453 g/mol. The van der Waals surface area contributed by atoms with Crippen LogP contribution in [-0.4, -0.2) is 30.3 Å². The number of carbonyl (C=O) groups is 2. The third kappa shape index (κ3) is 5.45. The fraction of sp³-hybridized carbons (Fsp3) is 0.130. The molecule has 1 N–H and O–H groups in total. The van der Waals surface area contributed by atoms with Crippen LogP contribution in [0.15, 0.2) is 77.3 Å². The van der Waals surface area contributed by atoms with Crippen molar-refractivity contribution in [1.29, 1.82) is 0 Å². The zero-order valence-electron chi connectivity index (χ0n) is 16.2. The highest BCUT2D eigenvalue weighted by Gasteiger charge is 2.19. The Hall–Kier alpha value is -3.12. The molecule has 0 heterocycles. The van der Waals surface area contributed by atoms with Crippen LogP contribution in [0.2, 0.25) is 0 Å². The van der Waals surface area contributed by atoms with Crippen molar-refractivity contribution in [2.45, 2.75) is 6.92 Å². The van der Waals surface area contributed by atoms with Gasteiger partial charge in [-0.25, -0.2) is 0 Å². The van der Waals surface area contributed by atoms with Gasteiger partial charge >= 0.3 is 0 Å². The summed E-state index contributed by atoms with van der Waals surface area (Å²) in [7, 11) is 1.59. The maximum Gasteiger partial charge on any atom is 0.257 e. The number of amides is 2. The van der Waals surface area contributed by atoms with Gasteiger partial charge in [-0.3, -0.25) is 9.59 Å². The van der Waals surface area contributed by atoms with E-state index in [1.807, 2.05) is 55.5 Å². The summed E-state index contributed by atoms with van der Waals surface area (Å²) in [5, 5.41) is 2.84. The second-order valence-electron chi connectivity index (χ2n) is 6.58. The van der Waals surface area contributed by atoms with Crippen molar-refractivity contribution in [2.24, 2.45) is 0 Å². The van der Waals surface area contributed by atoms with Gasteiger partial charge in [-0.1, -0.05) is 46.3 Å². The standard InChI is InChI=1S/C23H21BrN2O3/c1-16-14-17(24)12-13-20(16)25-22(27)15-26(2)23(28)19-10-6-7-11-21(19)29-18-8-4-3-5-9-18/h3-14H,15H2,1-2H3,(H,25,27). The van der Waals surface area contributed by atoms with E-state index < -0.39 is 0 Å². The molecular weight excluding hydrogens is 432 g/mol. The summed E-state index contributed by atoms with van der Waals surface area (Å²) in [6.45, 7) is 1.83. The molecule has 6 heteroatoms. The number of likely N-dealkylation sites (N-methyl/N-ethyl adjacent to an activating group) is 1. The van der Waals surface area contributed by atoms with E-state index in [1.54, 1.807) is 31.3 Å². The number of carbonyl (C=O) groups excluding carboxylic acids is 2. The number of halogens is 1. The minimum absolute atomic E-state index is 0.0754. The van der Waals surface area contributed by atoms with E-state index in [0.717, 1.165) is 10.0 Å². The zero-order chi connectivity index (χ0) is 20.8. The summed E-state index contributed by atoms with van der Waals surface area (Å²) >= 11 is 3.40. The number of anilines is 1. The summed E-state index contributed by atoms with van der Waals surface area (Å²) in [4.78, 5) is 26.7. The van der Waals surface area contributed by atoms with Crippen molar-refractivity contribution in [3.63, 3.8) is 0 Å². The molecule has 29 heavy (non-hydrogen) atoms. The SMILES string of the molecule is Cc1cc(Br)ccc1NC(=O)CN(C)C(=O)c1ccccc1Oc1ccccc1. The van der Waals surface area contributed by atoms with E-state index in [1.165, 1.54) is 4.90 Å². The van der Waals surface area contributed by atoms with Crippen molar-refractivity contribution in [3.8, 4) is 11.5 Å². The lowest BCUT2D eigenvalue weighted by molar-refractivity contribution is -0.116. The van der Waals surface area contributed by atoms with Crippen LogP contribution in [0, 0.1) is 6.92 Å². The Kier molecular flexibility index (Phi) is 6.67. The Balaban J connectivity index is 1.69. The summed E-state index contributed by atoms with van der Waals surface area (Å²) in [6, 6.07) is 21.8. The van der Waals surface area contributed by atoms with Gasteiger partial charge in [0.05, 0.1) is 12.1 Å². The highest BCUT2D eigenvalue weighted by molar-refractivity contribution is 9.10. The van der Waals surface area contributed by atoms with Gasteiger partial charge in [0.25, 0.3) is 5.91 Å². The molecule has 0 aliphatic heterocycles.